The molecule has 0 aliphatic carbocycles. The zero-order chi connectivity index (χ0) is 23.7. The predicted molar refractivity (Wildman–Crippen MR) is 128 cm³/mol. The summed E-state index contributed by atoms with van der Waals surface area (Å²) in [6.07, 6.45) is -0.121. The number of nitrogens with one attached hydrogen (secondary N) is 1. The van der Waals surface area contributed by atoms with E-state index in [9.17, 15) is 14.0 Å². The van der Waals surface area contributed by atoms with Gasteiger partial charge in [0.15, 0.2) is 16.6 Å². The molecule has 7 nitrogen and oxygen atoms in total. The summed E-state index contributed by atoms with van der Waals surface area (Å²) in [5.41, 5.74) is 1.94. The second-order valence-electron chi connectivity index (χ2n) is 7.88. The highest BCUT2D eigenvalue weighted by Gasteiger charge is 2.44. The van der Waals surface area contributed by atoms with E-state index in [4.69, 9.17) is 21.7 Å². The molecule has 1 saturated heterocycles. The Hall–Kier alpha value is -3.98. The molecule has 0 bridgehead atoms. The van der Waals surface area contributed by atoms with Crippen LogP contribution in [-0.4, -0.2) is 34.7 Å². The third kappa shape index (κ3) is 4.29. The maximum atomic E-state index is 13.5. The number of carbonyl (C=O) groups excluding carboxylic acids is 2. The van der Waals surface area contributed by atoms with Crippen LogP contribution in [0.3, 0.4) is 0 Å². The molecule has 172 valence electrons. The maximum absolute atomic E-state index is 13.5. The Morgan fingerprint density at radius 1 is 1.03 bits per heavy atom. The van der Waals surface area contributed by atoms with Crippen LogP contribution in [0.4, 0.5) is 15.8 Å². The van der Waals surface area contributed by atoms with E-state index in [1.807, 2.05) is 36.4 Å². The quantitative estimate of drug-likeness (QED) is 0.540. The van der Waals surface area contributed by atoms with E-state index in [-0.39, 0.29) is 25.0 Å². The minimum Gasteiger partial charge on any atom is -0.454 e. The number of thiocarbonyl (C=S) groups is 1. The van der Waals surface area contributed by atoms with E-state index in [0.717, 1.165) is 5.56 Å². The van der Waals surface area contributed by atoms with E-state index in [1.54, 1.807) is 17.0 Å². The third-order valence-corrected chi connectivity index (χ3v) is 6.05. The number of benzene rings is 3. The number of hydrogen-bond acceptors (Lipinski definition) is 5. The zero-order valence-electron chi connectivity index (χ0n) is 17.9. The molecule has 9 heteroatoms. The Labute approximate surface area is 200 Å². The van der Waals surface area contributed by atoms with Crippen LogP contribution in [0.15, 0.2) is 72.8 Å². The van der Waals surface area contributed by atoms with Crippen molar-refractivity contribution in [2.24, 2.45) is 0 Å². The van der Waals surface area contributed by atoms with Gasteiger partial charge < -0.3 is 19.7 Å². The highest BCUT2D eigenvalue weighted by molar-refractivity contribution is 7.80. The molecule has 1 N–H and O–H groups in total. The number of carbonyl (C=O) groups is 2. The summed E-state index contributed by atoms with van der Waals surface area (Å²) in [6, 6.07) is 19.3. The van der Waals surface area contributed by atoms with Gasteiger partial charge in [0.2, 0.25) is 12.7 Å². The average molecular weight is 478 g/mol. The van der Waals surface area contributed by atoms with Crippen molar-refractivity contribution < 1.29 is 23.5 Å². The van der Waals surface area contributed by atoms with Crippen LogP contribution < -0.4 is 19.7 Å². The average Bonchev–Trinajstić information content (AvgIpc) is 3.39. The first-order valence-corrected chi connectivity index (χ1v) is 11.0. The van der Waals surface area contributed by atoms with Crippen LogP contribution in [0.1, 0.15) is 12.0 Å². The summed E-state index contributed by atoms with van der Waals surface area (Å²) < 4.78 is 24.0. The highest BCUT2D eigenvalue weighted by Crippen LogP contribution is 2.34. The molecule has 1 atom stereocenters. The Morgan fingerprint density at radius 3 is 2.53 bits per heavy atom. The first-order chi connectivity index (χ1) is 16.5. The van der Waals surface area contributed by atoms with Gasteiger partial charge in [-0.05, 0) is 66.3 Å². The molecule has 3 aromatic carbocycles. The molecular weight excluding hydrogens is 457 g/mol. The fourth-order valence-corrected chi connectivity index (χ4v) is 4.37. The summed E-state index contributed by atoms with van der Waals surface area (Å²) in [6.45, 7) is 0.465. The topological polar surface area (TPSA) is 71.1 Å². The Balaban J connectivity index is 1.40. The second-order valence-corrected chi connectivity index (χ2v) is 8.25. The number of para-hydroxylation sites is 1. The molecule has 0 aromatic heterocycles. The molecule has 3 aromatic rings. The summed E-state index contributed by atoms with van der Waals surface area (Å²) in [5, 5.41) is 3.03. The molecule has 0 spiro atoms. The normalized spacial score (nSPS) is 16.8. The van der Waals surface area contributed by atoms with Gasteiger partial charge in [0.05, 0.1) is 12.1 Å². The summed E-state index contributed by atoms with van der Waals surface area (Å²) in [5.74, 6) is 0.219. The van der Waals surface area contributed by atoms with Crippen molar-refractivity contribution in [3.8, 4) is 11.5 Å². The van der Waals surface area contributed by atoms with Crippen molar-refractivity contribution >= 4 is 40.5 Å². The van der Waals surface area contributed by atoms with Gasteiger partial charge >= 0.3 is 0 Å². The number of fused-ring (bicyclic) bond motifs is 1. The fourth-order valence-electron chi connectivity index (χ4n) is 3.99. The van der Waals surface area contributed by atoms with Crippen LogP contribution in [-0.2, 0) is 16.1 Å². The van der Waals surface area contributed by atoms with E-state index >= 15 is 0 Å². The third-order valence-electron chi connectivity index (χ3n) is 5.63. The smallest absolute Gasteiger partial charge is 0.256 e. The highest BCUT2D eigenvalue weighted by atomic mass is 32.1. The SMILES string of the molecule is O=C(C[C@@H]1C(=O)N(c2ccccc2)C(=S)N1Cc1ccc2c(c1)OCO2)Nc1ccc(F)cc1. The van der Waals surface area contributed by atoms with Crippen molar-refractivity contribution in [1.82, 2.24) is 4.90 Å². The molecule has 0 unspecified atom stereocenters. The summed E-state index contributed by atoms with van der Waals surface area (Å²) in [4.78, 5) is 29.5. The molecule has 2 aliphatic rings. The lowest BCUT2D eigenvalue weighted by atomic mass is 10.1. The van der Waals surface area contributed by atoms with Gasteiger partial charge in [-0.25, -0.2) is 4.39 Å². The standard InChI is InChI=1S/C25H20FN3O4S/c26-17-7-9-18(10-8-17)27-23(30)13-20-24(31)29(19-4-2-1-3-5-19)25(34)28(20)14-16-6-11-21-22(12-16)33-15-32-21/h1-12,20H,13-15H2,(H,27,30)/t20-/m1/s1. The Morgan fingerprint density at radius 2 is 1.76 bits per heavy atom. The molecular formula is C25H20FN3O4S. The van der Waals surface area contributed by atoms with Crippen molar-refractivity contribution in [1.29, 1.82) is 0 Å². The molecule has 2 amide bonds. The second kappa shape index (κ2) is 9.11. The summed E-state index contributed by atoms with van der Waals surface area (Å²) >= 11 is 5.70. The van der Waals surface area contributed by atoms with Crippen LogP contribution in [0.5, 0.6) is 11.5 Å². The monoisotopic (exact) mass is 477 g/mol. The molecule has 5 rings (SSSR count). The minimum atomic E-state index is -0.807. The van der Waals surface area contributed by atoms with Crippen LogP contribution in [0.2, 0.25) is 0 Å². The molecule has 0 saturated carbocycles. The van der Waals surface area contributed by atoms with E-state index in [1.165, 1.54) is 29.2 Å². The number of anilines is 2. The number of halogens is 1. The molecule has 34 heavy (non-hydrogen) atoms. The number of rotatable bonds is 6. The first kappa shape index (κ1) is 21.8. The van der Waals surface area contributed by atoms with Crippen LogP contribution in [0.25, 0.3) is 0 Å². The van der Waals surface area contributed by atoms with Crippen LogP contribution in [0, 0.1) is 5.82 Å². The number of ether oxygens (including phenoxy) is 2. The van der Waals surface area contributed by atoms with Crippen molar-refractivity contribution in [2.75, 3.05) is 17.0 Å². The van der Waals surface area contributed by atoms with Gasteiger partial charge in [-0.2, -0.15) is 0 Å². The number of nitrogens with zero attached hydrogens (tertiary/aromatic N) is 2. The van der Waals surface area contributed by atoms with Crippen molar-refractivity contribution in [2.45, 2.75) is 19.0 Å². The fraction of sp³-hybridized carbons (Fsp3) is 0.160. The predicted octanol–water partition coefficient (Wildman–Crippen LogP) is 4.09. The van der Waals surface area contributed by atoms with Gasteiger partial charge in [-0.1, -0.05) is 24.3 Å². The summed E-state index contributed by atoms with van der Waals surface area (Å²) in [7, 11) is 0. The van der Waals surface area contributed by atoms with Gasteiger partial charge in [-0.3, -0.25) is 14.5 Å². The first-order valence-electron chi connectivity index (χ1n) is 10.6. The largest absolute Gasteiger partial charge is 0.454 e. The molecule has 2 aliphatic heterocycles. The number of hydrogen-bond donors (Lipinski definition) is 1. The lowest BCUT2D eigenvalue weighted by Gasteiger charge is -2.24. The Kier molecular flexibility index (Phi) is 5.85. The van der Waals surface area contributed by atoms with Gasteiger partial charge in [0.25, 0.3) is 5.91 Å². The number of amides is 2. The minimum absolute atomic E-state index is 0.121. The Bertz CT molecular complexity index is 1250. The zero-order valence-corrected chi connectivity index (χ0v) is 18.8. The maximum Gasteiger partial charge on any atom is 0.256 e. The van der Waals surface area contributed by atoms with Gasteiger partial charge in [0, 0.05) is 12.2 Å². The van der Waals surface area contributed by atoms with Gasteiger partial charge in [-0.15, -0.1) is 0 Å². The van der Waals surface area contributed by atoms with Gasteiger partial charge in [0.1, 0.15) is 11.9 Å². The van der Waals surface area contributed by atoms with E-state index in [2.05, 4.69) is 5.32 Å². The van der Waals surface area contributed by atoms with Crippen molar-refractivity contribution in [3.63, 3.8) is 0 Å². The molecule has 0 radical (unpaired) electrons. The molecule has 1 fully saturated rings. The van der Waals surface area contributed by atoms with E-state index < -0.39 is 11.9 Å². The molecule has 2 heterocycles. The van der Waals surface area contributed by atoms with E-state index in [0.29, 0.717) is 34.5 Å². The van der Waals surface area contributed by atoms with Crippen LogP contribution >= 0.6 is 12.2 Å². The lowest BCUT2D eigenvalue weighted by molar-refractivity contribution is -0.124. The lowest BCUT2D eigenvalue weighted by Crippen LogP contribution is -2.37. The van der Waals surface area contributed by atoms with Crippen molar-refractivity contribution in [3.05, 3.63) is 84.2 Å².